The number of nitro benzene ring substituents is 1. The van der Waals surface area contributed by atoms with Gasteiger partial charge in [0.1, 0.15) is 0 Å². The Kier molecular flexibility index (Phi) is 5.37. The molecule has 0 aliphatic carbocycles. The second kappa shape index (κ2) is 7.25. The molecule has 1 N–H and O–H groups in total. The first-order valence-corrected chi connectivity index (χ1v) is 7.33. The molecule has 0 aliphatic heterocycles. The summed E-state index contributed by atoms with van der Waals surface area (Å²) in [7, 11) is 0. The van der Waals surface area contributed by atoms with Crippen LogP contribution in [0.25, 0.3) is 0 Å². The molecular formula is C15H14AsNO4. The van der Waals surface area contributed by atoms with Gasteiger partial charge >= 0.3 is 131 Å². The van der Waals surface area contributed by atoms with Crippen molar-refractivity contribution in [1.29, 1.82) is 0 Å². The Hall–Kier alpha value is -1.84. The molecule has 2 aromatic rings. The third-order valence-corrected chi connectivity index (χ3v) is 3.71. The zero-order valence-corrected chi connectivity index (χ0v) is 13.1. The van der Waals surface area contributed by atoms with Crippen LogP contribution in [-0.2, 0) is 13.0 Å². The average molecular weight is 347 g/mol. The minimum atomic E-state index is -0.452. The van der Waals surface area contributed by atoms with Crippen molar-refractivity contribution in [2.24, 2.45) is 0 Å². The van der Waals surface area contributed by atoms with Crippen molar-refractivity contribution in [3.63, 3.8) is 0 Å². The van der Waals surface area contributed by atoms with Crippen LogP contribution in [-0.4, -0.2) is 33.5 Å². The quantitative estimate of drug-likeness (QED) is 0.488. The third-order valence-electron chi connectivity index (χ3n) is 2.98. The van der Waals surface area contributed by atoms with Crippen molar-refractivity contribution in [3.8, 4) is 5.75 Å². The number of rotatable bonds is 6. The van der Waals surface area contributed by atoms with E-state index >= 15 is 0 Å². The standard InChI is InChI=1S/C15H14AsNO4/c16-13-8-12(6-7-18)14(17(19)20)9-15(13)21-10-11-4-2-1-3-5-11/h1-5,8-9,18H,6-7,10H2. The number of aliphatic hydroxyl groups excluding tert-OH is 1. The Morgan fingerprint density at radius 1 is 1.24 bits per heavy atom. The second-order valence-corrected chi connectivity index (χ2v) is 5.46. The number of nitrogens with zero attached hydrogens (tertiary/aromatic N) is 1. The van der Waals surface area contributed by atoms with Gasteiger partial charge in [-0.3, -0.25) is 0 Å². The molecule has 0 fully saturated rings. The van der Waals surface area contributed by atoms with E-state index in [0.717, 1.165) is 9.91 Å². The number of hydrogen-bond donors (Lipinski definition) is 1. The van der Waals surface area contributed by atoms with Crippen LogP contribution in [0.1, 0.15) is 11.1 Å². The fourth-order valence-electron chi connectivity index (χ4n) is 1.94. The summed E-state index contributed by atoms with van der Waals surface area (Å²) in [5.74, 6) is 0.465. The molecule has 5 nitrogen and oxygen atoms in total. The summed E-state index contributed by atoms with van der Waals surface area (Å²) < 4.78 is 6.42. The van der Waals surface area contributed by atoms with Crippen molar-refractivity contribution < 1.29 is 14.8 Å². The van der Waals surface area contributed by atoms with Gasteiger partial charge in [-0.15, -0.1) is 0 Å². The summed E-state index contributed by atoms with van der Waals surface area (Å²) in [6.07, 6.45) is 0.250. The van der Waals surface area contributed by atoms with Crippen LogP contribution in [0.5, 0.6) is 5.75 Å². The topological polar surface area (TPSA) is 72.6 Å². The van der Waals surface area contributed by atoms with Crippen LogP contribution < -0.4 is 9.09 Å². The molecule has 2 aromatic carbocycles. The van der Waals surface area contributed by atoms with E-state index in [0.29, 0.717) is 17.9 Å². The van der Waals surface area contributed by atoms with Crippen LogP contribution >= 0.6 is 0 Å². The van der Waals surface area contributed by atoms with Crippen LogP contribution in [0.4, 0.5) is 5.69 Å². The summed E-state index contributed by atoms with van der Waals surface area (Å²) in [5, 5.41) is 20.1. The number of nitro groups is 1. The SMILES string of the molecule is O=[N+]([O-])c1cc(OCc2ccccc2)c([As])cc1CCO. The molecule has 0 bridgehead atoms. The van der Waals surface area contributed by atoms with Gasteiger partial charge < -0.3 is 0 Å². The molecule has 0 saturated carbocycles. The molecule has 2 radical (unpaired) electrons. The molecule has 2 rings (SSSR count). The van der Waals surface area contributed by atoms with Crippen LogP contribution in [0.2, 0.25) is 0 Å². The van der Waals surface area contributed by atoms with E-state index in [9.17, 15) is 10.1 Å². The van der Waals surface area contributed by atoms with Gasteiger partial charge in [0, 0.05) is 0 Å². The first-order chi connectivity index (χ1) is 10.1. The van der Waals surface area contributed by atoms with E-state index in [4.69, 9.17) is 9.84 Å². The van der Waals surface area contributed by atoms with E-state index in [1.807, 2.05) is 30.3 Å². The van der Waals surface area contributed by atoms with Gasteiger partial charge in [-0.1, -0.05) is 0 Å². The van der Waals surface area contributed by atoms with E-state index < -0.39 is 4.92 Å². The zero-order chi connectivity index (χ0) is 15.2. The Balaban J connectivity index is 2.23. The maximum absolute atomic E-state index is 11.1. The van der Waals surface area contributed by atoms with Gasteiger partial charge in [-0.05, 0) is 0 Å². The van der Waals surface area contributed by atoms with Crippen LogP contribution in [0.15, 0.2) is 42.5 Å². The van der Waals surface area contributed by atoms with Gasteiger partial charge in [0.2, 0.25) is 0 Å². The molecule has 0 aliphatic rings. The van der Waals surface area contributed by atoms with Crippen molar-refractivity contribution in [1.82, 2.24) is 0 Å². The molecule has 0 saturated heterocycles. The van der Waals surface area contributed by atoms with E-state index in [1.165, 1.54) is 6.07 Å². The molecule has 21 heavy (non-hydrogen) atoms. The maximum atomic E-state index is 11.1. The van der Waals surface area contributed by atoms with Gasteiger partial charge in [0.05, 0.1) is 0 Å². The molecule has 0 aromatic heterocycles. The average Bonchev–Trinajstić information content (AvgIpc) is 2.47. The Morgan fingerprint density at radius 3 is 2.57 bits per heavy atom. The van der Waals surface area contributed by atoms with Gasteiger partial charge in [0.25, 0.3) is 0 Å². The molecule has 6 heteroatoms. The number of aliphatic hydroxyl groups is 1. The Labute approximate surface area is 131 Å². The number of benzene rings is 2. The van der Waals surface area contributed by atoms with E-state index in [2.05, 4.69) is 16.9 Å². The summed E-state index contributed by atoms with van der Waals surface area (Å²) in [6.45, 7) is 0.222. The Morgan fingerprint density at radius 2 is 1.95 bits per heavy atom. The zero-order valence-electron chi connectivity index (χ0n) is 11.2. The summed E-state index contributed by atoms with van der Waals surface area (Å²) in [6, 6.07) is 12.7. The van der Waals surface area contributed by atoms with Crippen molar-refractivity contribution in [2.45, 2.75) is 13.0 Å². The predicted molar refractivity (Wildman–Crippen MR) is 80.0 cm³/mol. The molecule has 0 heterocycles. The third kappa shape index (κ3) is 4.06. The van der Waals surface area contributed by atoms with Gasteiger partial charge in [-0.25, -0.2) is 0 Å². The minimum absolute atomic E-state index is 0.0260. The predicted octanol–water partition coefficient (Wildman–Crippen LogP) is 1.50. The summed E-state index contributed by atoms with van der Waals surface area (Å²) in [5.41, 5.74) is 1.47. The van der Waals surface area contributed by atoms with E-state index in [-0.39, 0.29) is 18.7 Å². The van der Waals surface area contributed by atoms with Gasteiger partial charge in [-0.2, -0.15) is 0 Å². The van der Waals surface area contributed by atoms with Crippen LogP contribution in [0, 0.1) is 10.1 Å². The van der Waals surface area contributed by atoms with Crippen molar-refractivity contribution in [3.05, 3.63) is 63.7 Å². The molecule has 0 amide bonds. The second-order valence-electron chi connectivity index (χ2n) is 4.45. The molecule has 108 valence electrons. The first kappa shape index (κ1) is 15.5. The van der Waals surface area contributed by atoms with Gasteiger partial charge in [0.15, 0.2) is 0 Å². The summed E-state index contributed by atoms with van der Waals surface area (Å²) in [4.78, 5) is 10.6. The van der Waals surface area contributed by atoms with Crippen molar-refractivity contribution >= 4 is 26.9 Å². The Bertz CT molecular complexity index is 631. The van der Waals surface area contributed by atoms with E-state index in [1.54, 1.807) is 6.07 Å². The summed E-state index contributed by atoms with van der Waals surface area (Å²) >= 11 is 2.34. The normalized spacial score (nSPS) is 10.4. The molecular weight excluding hydrogens is 333 g/mol. The molecule has 0 unspecified atom stereocenters. The van der Waals surface area contributed by atoms with Crippen molar-refractivity contribution in [2.75, 3.05) is 6.61 Å². The number of hydrogen-bond acceptors (Lipinski definition) is 4. The molecule has 0 atom stereocenters. The number of ether oxygens (including phenoxy) is 1. The molecule has 0 spiro atoms. The first-order valence-electron chi connectivity index (χ1n) is 6.39. The fourth-order valence-corrected chi connectivity index (χ4v) is 2.54. The van der Waals surface area contributed by atoms with Crippen LogP contribution in [0.3, 0.4) is 0 Å². The fraction of sp³-hybridized carbons (Fsp3) is 0.200. The monoisotopic (exact) mass is 347 g/mol.